The largest absolute Gasteiger partial charge is 0.490 e. The lowest BCUT2D eigenvalue weighted by molar-refractivity contribution is -0.131. The van der Waals surface area contributed by atoms with Gasteiger partial charge in [0.15, 0.2) is 0 Å². The molecule has 0 bridgehead atoms. The fourth-order valence-corrected chi connectivity index (χ4v) is 2.41. The SMILES string of the molecule is CNC(=O)NCC(=O)N1CCC(Oc2cccc(C#N)c2)CC1. The van der Waals surface area contributed by atoms with Gasteiger partial charge in [0.1, 0.15) is 11.9 Å². The third-order valence-electron chi connectivity index (χ3n) is 3.69. The average Bonchev–Trinajstić information content (AvgIpc) is 2.60. The summed E-state index contributed by atoms with van der Waals surface area (Å²) in [6.45, 7) is 1.18. The monoisotopic (exact) mass is 316 g/mol. The van der Waals surface area contributed by atoms with Gasteiger partial charge in [0.25, 0.3) is 0 Å². The van der Waals surface area contributed by atoms with Gasteiger partial charge in [0, 0.05) is 33.0 Å². The van der Waals surface area contributed by atoms with Crippen molar-refractivity contribution in [3.8, 4) is 11.8 Å². The molecule has 1 fully saturated rings. The molecule has 1 aliphatic rings. The van der Waals surface area contributed by atoms with E-state index in [2.05, 4.69) is 16.7 Å². The molecule has 1 aliphatic heterocycles. The van der Waals surface area contributed by atoms with E-state index in [1.807, 2.05) is 6.07 Å². The molecule has 0 spiro atoms. The van der Waals surface area contributed by atoms with Crippen LogP contribution in [0.4, 0.5) is 4.79 Å². The van der Waals surface area contributed by atoms with Crippen LogP contribution in [0.1, 0.15) is 18.4 Å². The number of nitrogens with zero attached hydrogens (tertiary/aromatic N) is 2. The van der Waals surface area contributed by atoms with Gasteiger partial charge in [-0.05, 0) is 18.2 Å². The first-order valence-corrected chi connectivity index (χ1v) is 7.52. The zero-order valence-electron chi connectivity index (χ0n) is 13.0. The van der Waals surface area contributed by atoms with Gasteiger partial charge in [-0.15, -0.1) is 0 Å². The summed E-state index contributed by atoms with van der Waals surface area (Å²) < 4.78 is 5.87. The predicted octanol–water partition coefficient (Wildman–Crippen LogP) is 0.857. The Labute approximate surface area is 135 Å². The Morgan fingerprint density at radius 1 is 1.39 bits per heavy atom. The third kappa shape index (κ3) is 4.88. The zero-order valence-corrected chi connectivity index (χ0v) is 13.0. The molecule has 122 valence electrons. The van der Waals surface area contributed by atoms with Crippen LogP contribution in [0.5, 0.6) is 5.75 Å². The van der Waals surface area contributed by atoms with Gasteiger partial charge < -0.3 is 20.3 Å². The summed E-state index contributed by atoms with van der Waals surface area (Å²) in [6.07, 6.45) is 1.48. The van der Waals surface area contributed by atoms with Crippen LogP contribution in [0.25, 0.3) is 0 Å². The maximum absolute atomic E-state index is 12.0. The van der Waals surface area contributed by atoms with Gasteiger partial charge in [-0.2, -0.15) is 5.26 Å². The van der Waals surface area contributed by atoms with Crippen LogP contribution in [0.2, 0.25) is 0 Å². The highest BCUT2D eigenvalue weighted by molar-refractivity contribution is 5.83. The lowest BCUT2D eigenvalue weighted by atomic mass is 10.1. The molecule has 0 aliphatic carbocycles. The minimum atomic E-state index is -0.367. The predicted molar refractivity (Wildman–Crippen MR) is 83.8 cm³/mol. The Hall–Kier alpha value is -2.75. The van der Waals surface area contributed by atoms with Crippen LogP contribution in [0.3, 0.4) is 0 Å². The number of hydrogen-bond acceptors (Lipinski definition) is 4. The number of carbonyl (C=O) groups is 2. The maximum Gasteiger partial charge on any atom is 0.314 e. The molecule has 2 N–H and O–H groups in total. The number of amides is 3. The molecule has 2 rings (SSSR count). The summed E-state index contributed by atoms with van der Waals surface area (Å²) in [4.78, 5) is 24.8. The molecule has 0 unspecified atom stereocenters. The van der Waals surface area contributed by atoms with Crippen LogP contribution < -0.4 is 15.4 Å². The lowest BCUT2D eigenvalue weighted by Crippen LogP contribution is -2.47. The van der Waals surface area contributed by atoms with Crippen LogP contribution in [-0.4, -0.2) is 49.6 Å². The summed E-state index contributed by atoms with van der Waals surface area (Å²) in [5, 5.41) is 13.8. The van der Waals surface area contributed by atoms with E-state index in [1.165, 1.54) is 7.05 Å². The van der Waals surface area contributed by atoms with Crippen molar-refractivity contribution in [2.45, 2.75) is 18.9 Å². The molecule has 0 aromatic heterocycles. The fourth-order valence-electron chi connectivity index (χ4n) is 2.41. The van der Waals surface area contributed by atoms with Crippen molar-refractivity contribution in [2.75, 3.05) is 26.7 Å². The van der Waals surface area contributed by atoms with Crippen LogP contribution in [0, 0.1) is 11.3 Å². The zero-order chi connectivity index (χ0) is 16.7. The molecule has 3 amide bonds. The highest BCUT2D eigenvalue weighted by Crippen LogP contribution is 2.20. The minimum absolute atomic E-state index is 0.00455. The van der Waals surface area contributed by atoms with Gasteiger partial charge in [0.05, 0.1) is 18.2 Å². The number of nitriles is 1. The highest BCUT2D eigenvalue weighted by Gasteiger charge is 2.24. The molecular weight excluding hydrogens is 296 g/mol. The summed E-state index contributed by atoms with van der Waals surface area (Å²) >= 11 is 0. The molecular formula is C16H20N4O3. The number of likely N-dealkylation sites (tertiary alicyclic amines) is 1. The van der Waals surface area contributed by atoms with Gasteiger partial charge in [0.2, 0.25) is 5.91 Å². The first-order valence-electron chi connectivity index (χ1n) is 7.52. The second kappa shape index (κ2) is 8.03. The van der Waals surface area contributed by atoms with Crippen molar-refractivity contribution in [1.29, 1.82) is 5.26 Å². The van der Waals surface area contributed by atoms with E-state index in [1.54, 1.807) is 23.1 Å². The number of carbonyl (C=O) groups excluding carboxylic acids is 2. The molecule has 1 saturated heterocycles. The minimum Gasteiger partial charge on any atom is -0.490 e. The summed E-state index contributed by atoms with van der Waals surface area (Å²) in [5.41, 5.74) is 0.565. The van der Waals surface area contributed by atoms with E-state index < -0.39 is 0 Å². The number of rotatable bonds is 4. The smallest absolute Gasteiger partial charge is 0.314 e. The number of piperidine rings is 1. The Bertz CT molecular complexity index is 604. The second-order valence-corrected chi connectivity index (χ2v) is 5.27. The molecule has 7 heteroatoms. The van der Waals surface area contributed by atoms with Crippen molar-refractivity contribution in [3.05, 3.63) is 29.8 Å². The standard InChI is InChI=1S/C16H20N4O3/c1-18-16(22)19-11-15(21)20-7-5-13(6-8-20)23-14-4-2-3-12(9-14)10-17/h2-4,9,13H,5-8,11H2,1H3,(H2,18,19,22). The third-order valence-corrected chi connectivity index (χ3v) is 3.69. The van der Waals surface area contributed by atoms with E-state index in [0.717, 1.165) is 12.8 Å². The molecule has 1 aromatic rings. The average molecular weight is 316 g/mol. The van der Waals surface area contributed by atoms with Gasteiger partial charge in [-0.1, -0.05) is 6.07 Å². The van der Waals surface area contributed by atoms with Crippen molar-refractivity contribution >= 4 is 11.9 Å². The normalized spacial score (nSPS) is 14.7. The van der Waals surface area contributed by atoms with Gasteiger partial charge >= 0.3 is 6.03 Å². The molecule has 23 heavy (non-hydrogen) atoms. The first kappa shape index (κ1) is 16.6. The van der Waals surface area contributed by atoms with Crippen molar-refractivity contribution in [3.63, 3.8) is 0 Å². The molecule has 0 saturated carbocycles. The number of benzene rings is 1. The van der Waals surface area contributed by atoms with E-state index >= 15 is 0 Å². The molecule has 1 heterocycles. The number of urea groups is 1. The van der Waals surface area contributed by atoms with Crippen LogP contribution in [0.15, 0.2) is 24.3 Å². The summed E-state index contributed by atoms with van der Waals surface area (Å²) in [7, 11) is 1.50. The van der Waals surface area contributed by atoms with Crippen LogP contribution in [-0.2, 0) is 4.79 Å². The number of ether oxygens (including phenoxy) is 1. The Kier molecular flexibility index (Phi) is 5.80. The topological polar surface area (TPSA) is 94.5 Å². The highest BCUT2D eigenvalue weighted by atomic mass is 16.5. The Morgan fingerprint density at radius 3 is 2.78 bits per heavy atom. The molecule has 7 nitrogen and oxygen atoms in total. The van der Waals surface area contributed by atoms with Gasteiger partial charge in [-0.3, -0.25) is 4.79 Å². The second-order valence-electron chi connectivity index (χ2n) is 5.27. The summed E-state index contributed by atoms with van der Waals surface area (Å²) in [6, 6.07) is 8.77. The van der Waals surface area contributed by atoms with E-state index in [4.69, 9.17) is 10.00 Å². The van der Waals surface area contributed by atoms with Gasteiger partial charge in [-0.25, -0.2) is 4.79 Å². The van der Waals surface area contributed by atoms with Crippen molar-refractivity contribution < 1.29 is 14.3 Å². The molecule has 1 aromatic carbocycles. The van der Waals surface area contributed by atoms with E-state index in [0.29, 0.717) is 24.4 Å². The maximum atomic E-state index is 12.0. The lowest BCUT2D eigenvalue weighted by Gasteiger charge is -2.32. The first-order chi connectivity index (χ1) is 11.1. The van der Waals surface area contributed by atoms with E-state index in [-0.39, 0.29) is 24.6 Å². The van der Waals surface area contributed by atoms with Crippen LogP contribution >= 0.6 is 0 Å². The Balaban J connectivity index is 1.78. The number of nitrogens with one attached hydrogen (secondary N) is 2. The quantitative estimate of drug-likeness (QED) is 0.861. The van der Waals surface area contributed by atoms with Crippen molar-refractivity contribution in [2.24, 2.45) is 0 Å². The Morgan fingerprint density at radius 2 is 2.13 bits per heavy atom. The molecule has 0 radical (unpaired) electrons. The fraction of sp³-hybridized carbons (Fsp3) is 0.438. The summed E-state index contributed by atoms with van der Waals surface area (Å²) in [5.74, 6) is 0.577. The van der Waals surface area contributed by atoms with Crippen molar-refractivity contribution in [1.82, 2.24) is 15.5 Å². The van der Waals surface area contributed by atoms with E-state index in [9.17, 15) is 9.59 Å². The molecule has 0 atom stereocenters. The number of hydrogen-bond donors (Lipinski definition) is 2.